The quantitative estimate of drug-likeness (QED) is 0.680. The molecular formula is C13H29N3. The molecule has 0 spiro atoms. The lowest BCUT2D eigenvalue weighted by molar-refractivity contribution is 0.227. The summed E-state index contributed by atoms with van der Waals surface area (Å²) in [5.41, 5.74) is 5.79. The summed E-state index contributed by atoms with van der Waals surface area (Å²) in [4.78, 5) is 5.03. The Morgan fingerprint density at radius 3 is 2.56 bits per heavy atom. The normalized spacial score (nSPS) is 19.5. The molecule has 0 aliphatic carbocycles. The van der Waals surface area contributed by atoms with Gasteiger partial charge in [-0.05, 0) is 51.9 Å². The fourth-order valence-electron chi connectivity index (χ4n) is 2.54. The van der Waals surface area contributed by atoms with Crippen LogP contribution in [0, 0.1) is 5.92 Å². The van der Waals surface area contributed by atoms with Crippen LogP contribution >= 0.6 is 0 Å². The Hall–Kier alpha value is -0.120. The molecule has 1 aliphatic heterocycles. The van der Waals surface area contributed by atoms with E-state index in [1.165, 1.54) is 51.9 Å². The molecule has 0 bridgehead atoms. The van der Waals surface area contributed by atoms with Crippen molar-refractivity contribution < 1.29 is 0 Å². The van der Waals surface area contributed by atoms with Gasteiger partial charge in [0.15, 0.2) is 0 Å². The highest BCUT2D eigenvalue weighted by Gasteiger charge is 2.13. The molecule has 3 nitrogen and oxygen atoms in total. The third-order valence-electron chi connectivity index (χ3n) is 3.60. The van der Waals surface area contributed by atoms with Gasteiger partial charge >= 0.3 is 0 Å². The van der Waals surface area contributed by atoms with Gasteiger partial charge in [-0.15, -0.1) is 0 Å². The molecule has 2 N–H and O–H groups in total. The second-order valence-electron chi connectivity index (χ2n) is 5.20. The van der Waals surface area contributed by atoms with Crippen molar-refractivity contribution >= 4 is 0 Å². The van der Waals surface area contributed by atoms with Gasteiger partial charge < -0.3 is 15.5 Å². The molecule has 1 atom stereocenters. The molecule has 1 saturated heterocycles. The van der Waals surface area contributed by atoms with Crippen LogP contribution < -0.4 is 5.73 Å². The monoisotopic (exact) mass is 227 g/mol. The van der Waals surface area contributed by atoms with E-state index in [1.54, 1.807) is 0 Å². The molecule has 3 heteroatoms. The second-order valence-corrected chi connectivity index (χ2v) is 5.20. The predicted octanol–water partition coefficient (Wildman–Crippen LogP) is 1.39. The van der Waals surface area contributed by atoms with Crippen LogP contribution in [0.2, 0.25) is 0 Å². The SMILES string of the molecule is CCCC(CN)CN(C)CCN1CCCC1. The van der Waals surface area contributed by atoms with Gasteiger partial charge in [0.2, 0.25) is 0 Å². The Bertz CT molecular complexity index is 167. The van der Waals surface area contributed by atoms with E-state index in [0.717, 1.165) is 13.1 Å². The van der Waals surface area contributed by atoms with Crippen molar-refractivity contribution in [1.82, 2.24) is 9.80 Å². The van der Waals surface area contributed by atoms with Gasteiger partial charge in [-0.1, -0.05) is 13.3 Å². The zero-order valence-electron chi connectivity index (χ0n) is 11.1. The summed E-state index contributed by atoms with van der Waals surface area (Å²) in [7, 11) is 2.23. The minimum Gasteiger partial charge on any atom is -0.330 e. The van der Waals surface area contributed by atoms with Crippen LogP contribution in [-0.4, -0.2) is 56.1 Å². The highest BCUT2D eigenvalue weighted by Crippen LogP contribution is 2.08. The lowest BCUT2D eigenvalue weighted by Crippen LogP contribution is -2.36. The Labute approximate surface area is 101 Å². The van der Waals surface area contributed by atoms with Gasteiger partial charge in [0, 0.05) is 19.6 Å². The zero-order chi connectivity index (χ0) is 11.8. The maximum Gasteiger partial charge on any atom is 0.0109 e. The van der Waals surface area contributed by atoms with E-state index in [-0.39, 0.29) is 0 Å². The molecule has 1 rings (SSSR count). The summed E-state index contributed by atoms with van der Waals surface area (Å²) in [6.07, 6.45) is 5.31. The summed E-state index contributed by atoms with van der Waals surface area (Å²) >= 11 is 0. The van der Waals surface area contributed by atoms with E-state index in [2.05, 4.69) is 23.8 Å². The molecule has 0 aromatic rings. The first-order valence-electron chi connectivity index (χ1n) is 6.87. The van der Waals surface area contributed by atoms with Crippen molar-refractivity contribution in [2.45, 2.75) is 32.6 Å². The molecule has 1 unspecified atom stereocenters. The number of likely N-dealkylation sites (N-methyl/N-ethyl adjacent to an activating group) is 1. The van der Waals surface area contributed by atoms with E-state index in [0.29, 0.717) is 5.92 Å². The zero-order valence-corrected chi connectivity index (χ0v) is 11.1. The van der Waals surface area contributed by atoms with E-state index in [9.17, 15) is 0 Å². The highest BCUT2D eigenvalue weighted by molar-refractivity contribution is 4.69. The number of hydrogen-bond donors (Lipinski definition) is 1. The maximum atomic E-state index is 5.79. The Morgan fingerprint density at radius 2 is 2.00 bits per heavy atom. The minimum absolute atomic E-state index is 0.688. The molecule has 1 aliphatic rings. The first kappa shape index (κ1) is 13.9. The molecular weight excluding hydrogens is 198 g/mol. The summed E-state index contributed by atoms with van der Waals surface area (Å²) < 4.78 is 0. The number of rotatable bonds is 8. The first-order valence-corrected chi connectivity index (χ1v) is 6.87. The third-order valence-corrected chi connectivity index (χ3v) is 3.60. The second kappa shape index (κ2) is 8.04. The molecule has 0 aromatic carbocycles. The fourth-order valence-corrected chi connectivity index (χ4v) is 2.54. The van der Waals surface area contributed by atoms with Gasteiger partial charge in [0.25, 0.3) is 0 Å². The number of likely N-dealkylation sites (tertiary alicyclic amines) is 1. The third kappa shape index (κ3) is 5.28. The highest BCUT2D eigenvalue weighted by atomic mass is 15.2. The van der Waals surface area contributed by atoms with Gasteiger partial charge in [-0.2, -0.15) is 0 Å². The Morgan fingerprint density at radius 1 is 1.31 bits per heavy atom. The largest absolute Gasteiger partial charge is 0.330 e. The maximum absolute atomic E-state index is 5.79. The van der Waals surface area contributed by atoms with Crippen LogP contribution in [0.4, 0.5) is 0 Å². The van der Waals surface area contributed by atoms with Gasteiger partial charge in [-0.25, -0.2) is 0 Å². The van der Waals surface area contributed by atoms with Gasteiger partial charge in [0.1, 0.15) is 0 Å². The van der Waals surface area contributed by atoms with Crippen molar-refractivity contribution in [2.75, 3.05) is 46.3 Å². The Kier molecular flexibility index (Phi) is 7.01. The average Bonchev–Trinajstić information content (AvgIpc) is 2.78. The fraction of sp³-hybridized carbons (Fsp3) is 1.00. The van der Waals surface area contributed by atoms with E-state index in [1.807, 2.05) is 0 Å². The molecule has 0 saturated carbocycles. The first-order chi connectivity index (χ1) is 7.76. The number of nitrogens with zero attached hydrogens (tertiary/aromatic N) is 2. The Balaban J connectivity index is 2.10. The van der Waals surface area contributed by atoms with Crippen LogP contribution in [0.3, 0.4) is 0 Å². The van der Waals surface area contributed by atoms with Crippen molar-refractivity contribution in [3.63, 3.8) is 0 Å². The van der Waals surface area contributed by atoms with E-state index < -0.39 is 0 Å². The smallest absolute Gasteiger partial charge is 0.0109 e. The molecule has 1 heterocycles. The van der Waals surface area contributed by atoms with Crippen molar-refractivity contribution in [1.29, 1.82) is 0 Å². The lowest BCUT2D eigenvalue weighted by atomic mass is 10.0. The van der Waals surface area contributed by atoms with Crippen LogP contribution in [0.5, 0.6) is 0 Å². The summed E-state index contributed by atoms with van der Waals surface area (Å²) in [5.74, 6) is 0.688. The minimum atomic E-state index is 0.688. The number of nitrogens with two attached hydrogens (primary N) is 1. The molecule has 0 amide bonds. The molecule has 96 valence electrons. The summed E-state index contributed by atoms with van der Waals surface area (Å²) in [6, 6.07) is 0. The van der Waals surface area contributed by atoms with Crippen molar-refractivity contribution in [3.8, 4) is 0 Å². The van der Waals surface area contributed by atoms with Crippen molar-refractivity contribution in [2.24, 2.45) is 11.7 Å². The number of hydrogen-bond acceptors (Lipinski definition) is 3. The summed E-state index contributed by atoms with van der Waals surface area (Å²) in [5, 5.41) is 0. The lowest BCUT2D eigenvalue weighted by Gasteiger charge is -2.25. The topological polar surface area (TPSA) is 32.5 Å². The van der Waals surface area contributed by atoms with Gasteiger partial charge in [0.05, 0.1) is 0 Å². The van der Waals surface area contributed by atoms with E-state index in [4.69, 9.17) is 5.73 Å². The van der Waals surface area contributed by atoms with Crippen molar-refractivity contribution in [3.05, 3.63) is 0 Å². The standard InChI is InChI=1S/C13H29N3/c1-3-6-13(11-14)12-15(2)9-10-16-7-4-5-8-16/h13H,3-12,14H2,1-2H3. The van der Waals surface area contributed by atoms with Crippen LogP contribution in [-0.2, 0) is 0 Å². The average molecular weight is 227 g/mol. The molecule has 16 heavy (non-hydrogen) atoms. The molecule has 0 radical (unpaired) electrons. The van der Waals surface area contributed by atoms with Crippen LogP contribution in [0.1, 0.15) is 32.6 Å². The van der Waals surface area contributed by atoms with Gasteiger partial charge in [-0.3, -0.25) is 0 Å². The summed E-state index contributed by atoms with van der Waals surface area (Å²) in [6.45, 7) is 9.29. The molecule has 0 aromatic heterocycles. The predicted molar refractivity (Wildman–Crippen MR) is 70.6 cm³/mol. The molecule has 1 fully saturated rings. The van der Waals surface area contributed by atoms with Crippen LogP contribution in [0.25, 0.3) is 0 Å². The van der Waals surface area contributed by atoms with Crippen LogP contribution in [0.15, 0.2) is 0 Å². The van der Waals surface area contributed by atoms with E-state index >= 15 is 0 Å².